The Kier molecular flexibility index (Phi) is 8.08. The Labute approximate surface area is 112 Å². The number of aliphatic hydroxyl groups is 3. The van der Waals surface area contributed by atoms with Crippen molar-refractivity contribution in [3.8, 4) is 0 Å². The molecule has 0 aromatic rings. The highest BCUT2D eigenvalue weighted by atomic mass is 16.3. The maximum Gasteiger partial charge on any atom is 0.0854 e. The third-order valence-corrected chi connectivity index (χ3v) is 3.43. The molecule has 0 amide bonds. The topological polar surface area (TPSA) is 60.7 Å². The van der Waals surface area contributed by atoms with E-state index in [0.29, 0.717) is 24.7 Å². The van der Waals surface area contributed by atoms with Crippen molar-refractivity contribution in [1.82, 2.24) is 0 Å². The van der Waals surface area contributed by atoms with Crippen LogP contribution >= 0.6 is 0 Å². The van der Waals surface area contributed by atoms with E-state index in [0.717, 1.165) is 0 Å². The van der Waals surface area contributed by atoms with Crippen molar-refractivity contribution in [1.29, 1.82) is 0 Å². The lowest BCUT2D eigenvalue weighted by Crippen LogP contribution is -2.43. The summed E-state index contributed by atoms with van der Waals surface area (Å²) in [6.45, 7) is 12.1. The molecule has 110 valence electrons. The van der Waals surface area contributed by atoms with Gasteiger partial charge in [-0.05, 0) is 30.6 Å². The van der Waals surface area contributed by atoms with Crippen LogP contribution in [0.5, 0.6) is 0 Å². The summed E-state index contributed by atoms with van der Waals surface area (Å²) in [7, 11) is 0. The van der Waals surface area contributed by atoms with Crippen molar-refractivity contribution >= 4 is 0 Å². The molecule has 3 N–H and O–H groups in total. The first-order valence-electron chi connectivity index (χ1n) is 7.21. The van der Waals surface area contributed by atoms with Crippen LogP contribution in [-0.2, 0) is 0 Å². The summed E-state index contributed by atoms with van der Waals surface area (Å²) in [5.41, 5.74) is 0. The van der Waals surface area contributed by atoms with Crippen molar-refractivity contribution in [3.05, 3.63) is 0 Å². The van der Waals surface area contributed by atoms with Gasteiger partial charge in [0.05, 0.1) is 18.3 Å². The van der Waals surface area contributed by atoms with Crippen molar-refractivity contribution in [2.24, 2.45) is 23.7 Å². The van der Waals surface area contributed by atoms with Gasteiger partial charge in [0, 0.05) is 5.92 Å². The molecule has 3 nitrogen and oxygen atoms in total. The van der Waals surface area contributed by atoms with Gasteiger partial charge in [-0.25, -0.2) is 0 Å². The van der Waals surface area contributed by atoms with Gasteiger partial charge in [-0.1, -0.05) is 41.5 Å². The lowest BCUT2D eigenvalue weighted by atomic mass is 9.79. The standard InChI is InChI=1S/C15H32O3/c1-9(2)7-12(16)14(11(5)6)15(18)13(17)8-10(3)4/h9-18H,7-8H2,1-6H3. The van der Waals surface area contributed by atoms with Gasteiger partial charge >= 0.3 is 0 Å². The molecule has 0 aromatic carbocycles. The van der Waals surface area contributed by atoms with Gasteiger partial charge in [0.15, 0.2) is 0 Å². The van der Waals surface area contributed by atoms with E-state index in [9.17, 15) is 15.3 Å². The second-order valence-corrected chi connectivity index (χ2v) is 6.71. The predicted octanol–water partition coefficient (Wildman–Crippen LogP) is 2.43. The lowest BCUT2D eigenvalue weighted by Gasteiger charge is -2.34. The first-order chi connectivity index (χ1) is 8.16. The van der Waals surface area contributed by atoms with Crippen LogP contribution in [0.15, 0.2) is 0 Å². The fraction of sp³-hybridized carbons (Fsp3) is 1.00. The summed E-state index contributed by atoms with van der Waals surface area (Å²) in [5.74, 6) is 0.608. The average molecular weight is 260 g/mol. The SMILES string of the molecule is CC(C)CC(O)C(O)C(C(C)C)C(O)CC(C)C. The summed E-state index contributed by atoms with van der Waals surface area (Å²) in [6.07, 6.45) is -0.922. The Balaban J connectivity index is 4.67. The van der Waals surface area contributed by atoms with Crippen LogP contribution in [0.25, 0.3) is 0 Å². The number of aliphatic hydroxyl groups excluding tert-OH is 3. The predicted molar refractivity (Wildman–Crippen MR) is 75.3 cm³/mol. The van der Waals surface area contributed by atoms with E-state index >= 15 is 0 Å². The second-order valence-electron chi connectivity index (χ2n) is 6.71. The summed E-state index contributed by atoms with van der Waals surface area (Å²) in [6, 6.07) is 0. The summed E-state index contributed by atoms with van der Waals surface area (Å²) < 4.78 is 0. The van der Waals surface area contributed by atoms with Crippen LogP contribution in [0.1, 0.15) is 54.4 Å². The molecule has 0 aliphatic heterocycles. The average Bonchev–Trinajstić information content (AvgIpc) is 2.14. The van der Waals surface area contributed by atoms with Crippen LogP contribution in [0.4, 0.5) is 0 Å². The monoisotopic (exact) mass is 260 g/mol. The van der Waals surface area contributed by atoms with E-state index in [-0.39, 0.29) is 11.8 Å². The molecule has 0 aliphatic carbocycles. The first kappa shape index (κ1) is 17.9. The molecular weight excluding hydrogens is 228 g/mol. The molecule has 0 saturated heterocycles. The molecule has 0 spiro atoms. The Hall–Kier alpha value is -0.120. The van der Waals surface area contributed by atoms with Crippen molar-refractivity contribution in [3.63, 3.8) is 0 Å². The van der Waals surface area contributed by atoms with E-state index in [4.69, 9.17) is 0 Å². The van der Waals surface area contributed by atoms with Gasteiger partial charge in [0.2, 0.25) is 0 Å². The zero-order chi connectivity index (χ0) is 14.5. The van der Waals surface area contributed by atoms with Gasteiger partial charge in [-0.15, -0.1) is 0 Å². The zero-order valence-corrected chi connectivity index (χ0v) is 12.8. The fourth-order valence-corrected chi connectivity index (χ4v) is 2.59. The molecule has 0 fully saturated rings. The van der Waals surface area contributed by atoms with E-state index < -0.39 is 18.3 Å². The molecule has 18 heavy (non-hydrogen) atoms. The van der Waals surface area contributed by atoms with Crippen LogP contribution in [0.2, 0.25) is 0 Å². The molecule has 0 heterocycles. The normalized spacial score (nSPS) is 19.3. The van der Waals surface area contributed by atoms with Crippen LogP contribution in [0.3, 0.4) is 0 Å². The number of hydrogen-bond acceptors (Lipinski definition) is 3. The maximum absolute atomic E-state index is 10.3. The summed E-state index contributed by atoms with van der Waals surface area (Å²) >= 11 is 0. The second kappa shape index (κ2) is 8.13. The molecule has 3 heteroatoms. The molecular formula is C15H32O3. The first-order valence-corrected chi connectivity index (χ1v) is 7.21. The highest BCUT2D eigenvalue weighted by molar-refractivity contribution is 4.84. The molecule has 0 radical (unpaired) electrons. The van der Waals surface area contributed by atoms with E-state index in [1.807, 2.05) is 27.7 Å². The highest BCUT2D eigenvalue weighted by Gasteiger charge is 2.34. The van der Waals surface area contributed by atoms with Gasteiger partial charge in [0.1, 0.15) is 0 Å². The summed E-state index contributed by atoms with van der Waals surface area (Å²) in [5, 5.41) is 30.5. The molecule has 4 atom stereocenters. The minimum Gasteiger partial charge on any atom is -0.393 e. The number of rotatable bonds is 8. The Morgan fingerprint density at radius 3 is 1.39 bits per heavy atom. The molecule has 4 unspecified atom stereocenters. The smallest absolute Gasteiger partial charge is 0.0854 e. The number of hydrogen-bond donors (Lipinski definition) is 3. The highest BCUT2D eigenvalue weighted by Crippen LogP contribution is 2.27. The Morgan fingerprint density at radius 2 is 1.06 bits per heavy atom. The Morgan fingerprint density at radius 1 is 0.667 bits per heavy atom. The van der Waals surface area contributed by atoms with Crippen LogP contribution < -0.4 is 0 Å². The molecule has 0 bridgehead atoms. The van der Waals surface area contributed by atoms with Crippen molar-refractivity contribution in [2.75, 3.05) is 0 Å². The third kappa shape index (κ3) is 6.17. The Bertz CT molecular complexity index is 214. The molecule has 0 saturated carbocycles. The van der Waals surface area contributed by atoms with Crippen molar-refractivity contribution in [2.45, 2.75) is 72.7 Å². The van der Waals surface area contributed by atoms with Crippen LogP contribution in [-0.4, -0.2) is 33.6 Å². The molecule has 0 aromatic heterocycles. The molecule has 0 aliphatic rings. The van der Waals surface area contributed by atoms with Gasteiger partial charge in [-0.2, -0.15) is 0 Å². The minimum atomic E-state index is -0.846. The van der Waals surface area contributed by atoms with Crippen molar-refractivity contribution < 1.29 is 15.3 Å². The quantitative estimate of drug-likeness (QED) is 0.628. The molecule has 0 rings (SSSR count). The van der Waals surface area contributed by atoms with Gasteiger partial charge < -0.3 is 15.3 Å². The minimum absolute atomic E-state index is 0.149. The fourth-order valence-electron chi connectivity index (χ4n) is 2.59. The van der Waals surface area contributed by atoms with E-state index in [1.165, 1.54) is 0 Å². The zero-order valence-electron chi connectivity index (χ0n) is 12.8. The lowest BCUT2D eigenvalue weighted by molar-refractivity contribution is -0.0829. The van der Waals surface area contributed by atoms with Crippen LogP contribution in [0, 0.1) is 23.7 Å². The maximum atomic E-state index is 10.3. The third-order valence-electron chi connectivity index (χ3n) is 3.43. The largest absolute Gasteiger partial charge is 0.393 e. The summed E-state index contributed by atoms with van der Waals surface area (Å²) in [4.78, 5) is 0. The van der Waals surface area contributed by atoms with E-state index in [2.05, 4.69) is 13.8 Å². The van der Waals surface area contributed by atoms with Gasteiger partial charge in [0.25, 0.3) is 0 Å². The van der Waals surface area contributed by atoms with Gasteiger partial charge in [-0.3, -0.25) is 0 Å². The van der Waals surface area contributed by atoms with E-state index in [1.54, 1.807) is 0 Å².